The Morgan fingerprint density at radius 1 is 1.03 bits per heavy atom. The maximum atomic E-state index is 10.0. The van der Waals surface area contributed by atoms with Gasteiger partial charge in [0.05, 0.1) is 6.10 Å². The van der Waals surface area contributed by atoms with Gasteiger partial charge in [-0.15, -0.1) is 0 Å². The highest BCUT2D eigenvalue weighted by atomic mass is 16.3. The molecule has 1 heteroatoms. The van der Waals surface area contributed by atoms with Crippen LogP contribution in [-0.2, 0) is 0 Å². The van der Waals surface area contributed by atoms with E-state index in [0.29, 0.717) is 17.3 Å². The van der Waals surface area contributed by atoms with Gasteiger partial charge in [0.15, 0.2) is 0 Å². The van der Waals surface area contributed by atoms with Crippen LogP contribution in [0.3, 0.4) is 0 Å². The van der Waals surface area contributed by atoms with E-state index >= 15 is 0 Å². The molecule has 0 aliphatic heterocycles. The second-order valence-corrected chi connectivity index (χ2v) is 10.9. The summed E-state index contributed by atoms with van der Waals surface area (Å²) in [5.74, 6) is 3.58. The quantitative estimate of drug-likeness (QED) is 0.473. The van der Waals surface area contributed by atoms with E-state index in [-0.39, 0.29) is 6.10 Å². The zero-order valence-electron chi connectivity index (χ0n) is 19.6. The number of fused-ring (bicyclic) bond motifs is 1. The van der Waals surface area contributed by atoms with E-state index in [1.54, 1.807) is 5.57 Å². The number of rotatable bonds is 5. The van der Waals surface area contributed by atoms with Gasteiger partial charge in [0.25, 0.3) is 0 Å². The first-order valence-corrected chi connectivity index (χ1v) is 12.2. The second kappa shape index (κ2) is 9.38. The molecule has 0 aromatic heterocycles. The molecule has 0 aromatic rings. The molecule has 162 valence electrons. The Kier molecular flexibility index (Phi) is 7.31. The number of aliphatic hydroxyl groups is 1. The molecule has 3 saturated carbocycles. The summed E-state index contributed by atoms with van der Waals surface area (Å²) >= 11 is 0. The number of hydrogen-bond acceptors (Lipinski definition) is 1. The number of aliphatic hydroxyl groups excluding tert-OH is 1. The molecule has 0 heterocycles. The average molecular weight is 397 g/mol. The lowest BCUT2D eigenvalue weighted by atomic mass is 9.61. The molecule has 29 heavy (non-hydrogen) atoms. The van der Waals surface area contributed by atoms with Gasteiger partial charge in [-0.25, -0.2) is 0 Å². The summed E-state index contributed by atoms with van der Waals surface area (Å²) < 4.78 is 0. The lowest BCUT2D eigenvalue weighted by Gasteiger charge is -2.44. The molecule has 0 radical (unpaired) electrons. The predicted octanol–water partition coefficient (Wildman–Crippen LogP) is 7.64. The zero-order chi connectivity index (χ0) is 21.2. The normalized spacial score (nSPS) is 38.2. The maximum Gasteiger partial charge on any atom is 0.0583 e. The van der Waals surface area contributed by atoms with Gasteiger partial charge in [0, 0.05) is 0 Å². The van der Waals surface area contributed by atoms with Crippen molar-refractivity contribution in [2.75, 3.05) is 0 Å². The average Bonchev–Trinajstić information content (AvgIpc) is 3.04. The van der Waals surface area contributed by atoms with E-state index in [4.69, 9.17) is 0 Å². The first-order valence-electron chi connectivity index (χ1n) is 12.2. The zero-order valence-corrected chi connectivity index (χ0v) is 19.6. The molecule has 3 fully saturated rings. The molecule has 6 atom stereocenters. The van der Waals surface area contributed by atoms with Gasteiger partial charge in [0.1, 0.15) is 0 Å². The maximum absolute atomic E-state index is 10.0. The Morgan fingerprint density at radius 3 is 2.52 bits per heavy atom. The minimum Gasteiger partial charge on any atom is -0.393 e. The van der Waals surface area contributed by atoms with Crippen LogP contribution in [0.5, 0.6) is 0 Å². The molecule has 0 saturated heterocycles. The van der Waals surface area contributed by atoms with Crippen molar-refractivity contribution >= 4 is 0 Å². The minimum absolute atomic E-state index is 0.182. The molecule has 1 N–H and O–H groups in total. The van der Waals surface area contributed by atoms with Crippen LogP contribution in [-0.4, -0.2) is 11.2 Å². The third-order valence-electron chi connectivity index (χ3n) is 8.63. The number of allylic oxidation sites excluding steroid dienone is 6. The lowest BCUT2D eigenvalue weighted by Crippen LogP contribution is -2.35. The van der Waals surface area contributed by atoms with Gasteiger partial charge in [-0.3, -0.25) is 0 Å². The van der Waals surface area contributed by atoms with Crippen molar-refractivity contribution in [2.24, 2.45) is 35.0 Å². The van der Waals surface area contributed by atoms with E-state index < -0.39 is 0 Å². The highest BCUT2D eigenvalue weighted by Crippen LogP contribution is 2.59. The summed E-state index contributed by atoms with van der Waals surface area (Å²) in [6.45, 7) is 16.3. The van der Waals surface area contributed by atoms with Crippen LogP contribution >= 0.6 is 0 Å². The Balaban J connectivity index is 1.75. The van der Waals surface area contributed by atoms with Gasteiger partial charge in [-0.1, -0.05) is 76.6 Å². The summed E-state index contributed by atoms with van der Waals surface area (Å²) in [5, 5.41) is 10.0. The van der Waals surface area contributed by atoms with Crippen LogP contribution < -0.4 is 0 Å². The van der Waals surface area contributed by atoms with E-state index in [1.165, 1.54) is 43.3 Å². The van der Waals surface area contributed by atoms with Gasteiger partial charge in [0.2, 0.25) is 0 Å². The van der Waals surface area contributed by atoms with E-state index in [9.17, 15) is 5.11 Å². The smallest absolute Gasteiger partial charge is 0.0583 e. The third kappa shape index (κ3) is 4.98. The number of hydrogen-bond donors (Lipinski definition) is 1. The van der Waals surface area contributed by atoms with E-state index in [0.717, 1.165) is 37.0 Å². The molecule has 3 aliphatic rings. The minimum atomic E-state index is -0.182. The van der Waals surface area contributed by atoms with Crippen LogP contribution in [0.2, 0.25) is 0 Å². The van der Waals surface area contributed by atoms with Gasteiger partial charge in [-0.05, 0) is 91.9 Å². The van der Waals surface area contributed by atoms with E-state index in [1.807, 2.05) is 0 Å². The largest absolute Gasteiger partial charge is 0.393 e. The molecule has 0 spiro atoms. The van der Waals surface area contributed by atoms with E-state index in [2.05, 4.69) is 65.5 Å². The molecule has 0 amide bonds. The fraction of sp³-hybridized carbons (Fsp3) is 0.714. The summed E-state index contributed by atoms with van der Waals surface area (Å²) in [6.07, 6.45) is 18.8. The molecular weight excluding hydrogens is 352 g/mol. The molecular formula is C28H44O. The summed E-state index contributed by atoms with van der Waals surface area (Å²) in [6, 6.07) is 0. The van der Waals surface area contributed by atoms with Crippen molar-refractivity contribution < 1.29 is 5.11 Å². The third-order valence-corrected chi connectivity index (χ3v) is 8.63. The van der Waals surface area contributed by atoms with Gasteiger partial charge >= 0.3 is 0 Å². The topological polar surface area (TPSA) is 20.2 Å². The van der Waals surface area contributed by atoms with Gasteiger partial charge in [-0.2, -0.15) is 0 Å². The Morgan fingerprint density at radius 2 is 1.79 bits per heavy atom. The predicted molar refractivity (Wildman–Crippen MR) is 126 cm³/mol. The Bertz CT molecular complexity index is 678. The van der Waals surface area contributed by atoms with Gasteiger partial charge < -0.3 is 5.11 Å². The van der Waals surface area contributed by atoms with Crippen LogP contribution in [0.25, 0.3) is 0 Å². The fourth-order valence-electron chi connectivity index (χ4n) is 6.25. The Labute approximate surface area is 180 Å². The monoisotopic (exact) mass is 396 g/mol. The summed E-state index contributed by atoms with van der Waals surface area (Å²) in [4.78, 5) is 0. The van der Waals surface area contributed by atoms with Crippen molar-refractivity contribution in [1.29, 1.82) is 0 Å². The highest BCUT2D eigenvalue weighted by Gasteiger charge is 2.50. The molecule has 0 aromatic carbocycles. The first kappa shape index (κ1) is 22.6. The second-order valence-electron chi connectivity index (χ2n) is 10.9. The van der Waals surface area contributed by atoms with Crippen molar-refractivity contribution in [3.8, 4) is 0 Å². The summed E-state index contributed by atoms with van der Waals surface area (Å²) in [7, 11) is 0. The fourth-order valence-corrected chi connectivity index (χ4v) is 6.25. The molecule has 3 rings (SSSR count). The van der Waals surface area contributed by atoms with Crippen molar-refractivity contribution in [2.45, 2.75) is 92.1 Å². The molecule has 1 nitrogen and oxygen atoms in total. The highest BCUT2D eigenvalue weighted by molar-refractivity contribution is 5.36. The van der Waals surface area contributed by atoms with Crippen molar-refractivity contribution in [1.82, 2.24) is 0 Å². The van der Waals surface area contributed by atoms with Crippen LogP contribution in [0.4, 0.5) is 0 Å². The Hall–Kier alpha value is -1.08. The molecule has 4 unspecified atom stereocenters. The summed E-state index contributed by atoms with van der Waals surface area (Å²) in [5.41, 5.74) is 4.61. The lowest BCUT2D eigenvalue weighted by molar-refractivity contribution is 0.112. The first-order chi connectivity index (χ1) is 13.7. The SMILES string of the molecule is C=C1CCC(O)C/C1=C/C=C1\CCC[C@@]2(C)C(C(C)/C=C/C(C)C(C)C)CC[C@@H]12. The van der Waals surface area contributed by atoms with Crippen LogP contribution in [0.15, 0.2) is 47.6 Å². The van der Waals surface area contributed by atoms with Crippen LogP contribution in [0, 0.1) is 35.0 Å². The van der Waals surface area contributed by atoms with Crippen molar-refractivity contribution in [3.05, 3.63) is 47.6 Å². The van der Waals surface area contributed by atoms with Crippen LogP contribution in [0.1, 0.15) is 86.0 Å². The van der Waals surface area contributed by atoms with Crippen molar-refractivity contribution in [3.63, 3.8) is 0 Å². The standard InChI is InChI=1S/C28H44O/c1-19(2)20(3)9-10-22(5)26-15-16-27-23(8-7-17-28(26,27)6)12-13-24-18-25(29)14-11-21(24)4/h9-10,12-13,19-20,22,25-27,29H,4,7-8,11,14-18H2,1-3,5-6H3/b10-9+,23-12+,24-13-/t20?,22?,25?,26?,27-,28-/m0/s1. The molecule has 0 bridgehead atoms. The molecule has 3 aliphatic carbocycles.